The van der Waals surface area contributed by atoms with Crippen molar-refractivity contribution in [3.63, 3.8) is 0 Å². The van der Waals surface area contributed by atoms with Gasteiger partial charge in [0.05, 0.1) is 6.04 Å². The molecule has 1 aliphatic heterocycles. The van der Waals surface area contributed by atoms with Crippen molar-refractivity contribution in [2.75, 3.05) is 30.4 Å². The quantitative estimate of drug-likeness (QED) is 0.126. The highest BCUT2D eigenvalue weighted by Gasteiger charge is 2.38. The van der Waals surface area contributed by atoms with Crippen LogP contribution in [0.25, 0.3) is 11.1 Å². The molecule has 0 aromatic heterocycles. The number of allylic oxidation sites excluding steroid dienone is 2. The van der Waals surface area contributed by atoms with Crippen LogP contribution in [0.1, 0.15) is 48.1 Å². The van der Waals surface area contributed by atoms with Crippen LogP contribution >= 0.6 is 23.2 Å². The molecule has 0 spiro atoms. The van der Waals surface area contributed by atoms with Crippen LogP contribution in [0, 0.1) is 18.8 Å². The second kappa shape index (κ2) is 16.8. The predicted octanol–water partition coefficient (Wildman–Crippen LogP) is 12.2. The van der Waals surface area contributed by atoms with Crippen LogP contribution in [0.15, 0.2) is 146 Å². The molecule has 0 N–H and O–H groups in total. The summed E-state index contributed by atoms with van der Waals surface area (Å²) < 4.78 is 0. The first-order chi connectivity index (χ1) is 25.7. The number of benzene rings is 5. The van der Waals surface area contributed by atoms with Crippen molar-refractivity contribution in [2.24, 2.45) is 11.8 Å². The Hall–Kier alpha value is -4.28. The molecular weight excluding hydrogens is 689 g/mol. The highest BCUT2D eigenvalue weighted by atomic mass is 35.5. The molecule has 1 aliphatic carbocycles. The van der Waals surface area contributed by atoms with Crippen molar-refractivity contribution in [1.82, 2.24) is 4.90 Å². The molecule has 5 atom stereocenters. The molecule has 53 heavy (non-hydrogen) atoms. The fourth-order valence-electron chi connectivity index (χ4n) is 8.52. The van der Waals surface area contributed by atoms with Gasteiger partial charge in [-0.15, -0.1) is 0 Å². The van der Waals surface area contributed by atoms with Gasteiger partial charge < -0.3 is 9.80 Å². The maximum atomic E-state index is 6.23. The van der Waals surface area contributed by atoms with Gasteiger partial charge in [-0.2, -0.15) is 0 Å². The second-order valence-electron chi connectivity index (χ2n) is 15.2. The zero-order chi connectivity index (χ0) is 36.9. The van der Waals surface area contributed by atoms with Crippen LogP contribution in [-0.2, 0) is 13.0 Å². The molecule has 1 heterocycles. The van der Waals surface area contributed by atoms with E-state index < -0.39 is 0 Å². The third-order valence-electron chi connectivity index (χ3n) is 11.5. The van der Waals surface area contributed by atoms with Gasteiger partial charge in [0, 0.05) is 66.6 Å². The third-order valence-corrected chi connectivity index (χ3v) is 12.0. The van der Waals surface area contributed by atoms with Crippen LogP contribution in [0.4, 0.5) is 11.4 Å². The number of hydrogen-bond donors (Lipinski definition) is 0. The molecular formula is C48H51Cl2N3. The molecule has 5 aromatic rings. The van der Waals surface area contributed by atoms with Crippen molar-refractivity contribution in [3.05, 3.63) is 178 Å². The van der Waals surface area contributed by atoms with Gasteiger partial charge in [0.2, 0.25) is 0 Å². The standard InChI is InChI=1S/C48H51Cl2N3/c1-34(32-48(44-10-6-5-9-35(44)2)52(4)43-27-23-41(50)24-28-43)31-36-13-17-38(18-14-36)39-19-15-37(16-20-39)33-53-30-29-46(45-11-7-8-12-47(45)53)51(3)42-25-21-40(49)22-26-42/h5-28,34,45-48H,29-33H2,1-4H3. The largest absolute Gasteiger partial charge is 0.371 e. The van der Waals surface area contributed by atoms with Crippen LogP contribution in [0.5, 0.6) is 0 Å². The summed E-state index contributed by atoms with van der Waals surface area (Å²) in [6.07, 6.45) is 12.4. The Balaban J connectivity index is 0.976. The van der Waals surface area contributed by atoms with Gasteiger partial charge in [-0.3, -0.25) is 4.90 Å². The zero-order valence-electron chi connectivity index (χ0n) is 31.4. The first kappa shape index (κ1) is 37.1. The van der Waals surface area contributed by atoms with E-state index in [1.807, 2.05) is 24.3 Å². The smallest absolute Gasteiger partial charge is 0.0544 e. The Kier molecular flexibility index (Phi) is 11.8. The highest BCUT2D eigenvalue weighted by Crippen LogP contribution is 2.36. The van der Waals surface area contributed by atoms with E-state index in [1.54, 1.807) is 0 Å². The lowest BCUT2D eigenvalue weighted by atomic mass is 9.81. The lowest BCUT2D eigenvalue weighted by Gasteiger charge is -2.48. The Bertz CT molecular complexity index is 2000. The molecule has 1 saturated heterocycles. The molecule has 5 heteroatoms. The average molecular weight is 741 g/mol. The molecule has 0 radical (unpaired) electrons. The SMILES string of the molecule is Cc1ccccc1C(CC(C)Cc1ccc(-c2ccc(CN3CCC(N(C)c4ccc(Cl)cc4)C4C=CC=CC43)cc2)cc1)N(C)c1ccc(Cl)cc1. The van der Waals surface area contributed by atoms with E-state index in [2.05, 4.69) is 164 Å². The number of fused-ring (bicyclic) bond motifs is 1. The summed E-state index contributed by atoms with van der Waals surface area (Å²) in [6.45, 7) is 6.62. The highest BCUT2D eigenvalue weighted by molar-refractivity contribution is 6.30. The minimum Gasteiger partial charge on any atom is -0.371 e. The van der Waals surface area contributed by atoms with Crippen molar-refractivity contribution in [1.29, 1.82) is 0 Å². The minimum atomic E-state index is 0.267. The van der Waals surface area contributed by atoms with E-state index in [0.717, 1.165) is 42.4 Å². The van der Waals surface area contributed by atoms with E-state index in [4.69, 9.17) is 23.2 Å². The summed E-state index contributed by atoms with van der Waals surface area (Å²) in [6, 6.07) is 44.8. The molecule has 0 bridgehead atoms. The van der Waals surface area contributed by atoms with Gasteiger partial charge in [-0.1, -0.05) is 127 Å². The third kappa shape index (κ3) is 8.76. The van der Waals surface area contributed by atoms with E-state index in [0.29, 0.717) is 23.9 Å². The normalized spacial score (nSPS) is 19.4. The van der Waals surface area contributed by atoms with Crippen molar-refractivity contribution >= 4 is 34.6 Å². The predicted molar refractivity (Wildman–Crippen MR) is 227 cm³/mol. The van der Waals surface area contributed by atoms with Gasteiger partial charge in [0.1, 0.15) is 0 Å². The maximum Gasteiger partial charge on any atom is 0.0544 e. The number of nitrogens with zero attached hydrogens (tertiary/aromatic N) is 3. The van der Waals surface area contributed by atoms with Crippen LogP contribution < -0.4 is 9.80 Å². The molecule has 0 saturated carbocycles. The average Bonchev–Trinajstić information content (AvgIpc) is 3.18. The maximum absolute atomic E-state index is 6.23. The van der Waals surface area contributed by atoms with E-state index in [9.17, 15) is 0 Å². The number of rotatable bonds is 12. The summed E-state index contributed by atoms with van der Waals surface area (Å²) in [5.41, 5.74) is 10.4. The Labute approximate surface area is 327 Å². The van der Waals surface area contributed by atoms with Gasteiger partial charge in [0.15, 0.2) is 0 Å². The number of anilines is 2. The number of piperidine rings is 1. The van der Waals surface area contributed by atoms with E-state index in [1.165, 1.54) is 44.8 Å². The fraction of sp³-hybridized carbons (Fsp3) is 0.292. The van der Waals surface area contributed by atoms with Crippen molar-refractivity contribution in [3.8, 4) is 11.1 Å². The number of hydrogen-bond acceptors (Lipinski definition) is 3. The summed E-state index contributed by atoms with van der Waals surface area (Å²) in [4.78, 5) is 7.50. The Morgan fingerprint density at radius 1 is 0.698 bits per heavy atom. The molecule has 272 valence electrons. The summed E-state index contributed by atoms with van der Waals surface area (Å²) in [5.74, 6) is 0.934. The summed E-state index contributed by atoms with van der Waals surface area (Å²) in [5, 5.41) is 1.54. The molecule has 3 nitrogen and oxygen atoms in total. The summed E-state index contributed by atoms with van der Waals surface area (Å²) >= 11 is 12.4. The summed E-state index contributed by atoms with van der Waals surface area (Å²) in [7, 11) is 4.43. The van der Waals surface area contributed by atoms with Gasteiger partial charge in [-0.05, 0) is 114 Å². The lowest BCUT2D eigenvalue weighted by molar-refractivity contribution is 0.119. The zero-order valence-corrected chi connectivity index (χ0v) is 32.9. The van der Waals surface area contributed by atoms with Crippen LogP contribution in [0.3, 0.4) is 0 Å². The Morgan fingerprint density at radius 2 is 1.28 bits per heavy atom. The minimum absolute atomic E-state index is 0.267. The van der Waals surface area contributed by atoms with Gasteiger partial charge in [-0.25, -0.2) is 0 Å². The van der Waals surface area contributed by atoms with E-state index >= 15 is 0 Å². The molecule has 5 aromatic carbocycles. The van der Waals surface area contributed by atoms with Crippen LogP contribution in [0.2, 0.25) is 10.0 Å². The monoisotopic (exact) mass is 739 g/mol. The lowest BCUT2D eigenvalue weighted by Crippen LogP contribution is -2.54. The van der Waals surface area contributed by atoms with Crippen molar-refractivity contribution in [2.45, 2.75) is 57.8 Å². The van der Waals surface area contributed by atoms with Crippen molar-refractivity contribution < 1.29 is 0 Å². The van der Waals surface area contributed by atoms with Gasteiger partial charge >= 0.3 is 0 Å². The number of aryl methyl sites for hydroxylation is 1. The molecule has 0 amide bonds. The molecule has 5 unspecified atom stereocenters. The van der Waals surface area contributed by atoms with E-state index in [-0.39, 0.29) is 6.04 Å². The molecule has 2 aliphatic rings. The Morgan fingerprint density at radius 3 is 1.92 bits per heavy atom. The second-order valence-corrected chi connectivity index (χ2v) is 16.0. The fourth-order valence-corrected chi connectivity index (χ4v) is 8.78. The number of halogens is 2. The van der Waals surface area contributed by atoms with Crippen LogP contribution in [-0.4, -0.2) is 37.6 Å². The topological polar surface area (TPSA) is 9.72 Å². The molecule has 1 fully saturated rings. The number of likely N-dealkylation sites (tertiary alicyclic amines) is 1. The van der Waals surface area contributed by atoms with Gasteiger partial charge in [0.25, 0.3) is 0 Å². The molecule has 7 rings (SSSR count). The first-order valence-electron chi connectivity index (χ1n) is 19.0. The first-order valence-corrected chi connectivity index (χ1v) is 19.8.